The van der Waals surface area contributed by atoms with Crippen LogP contribution in [-0.2, 0) is 0 Å². The topological polar surface area (TPSA) is 78.4 Å². The van der Waals surface area contributed by atoms with Gasteiger partial charge in [0.05, 0.1) is 0 Å². The van der Waals surface area contributed by atoms with E-state index in [0.29, 0.717) is 11.3 Å². The highest BCUT2D eigenvalue weighted by atomic mass is 16.3. The predicted molar refractivity (Wildman–Crippen MR) is 105 cm³/mol. The van der Waals surface area contributed by atoms with Crippen LogP contribution in [0.4, 0.5) is 10.5 Å². The SMILES string of the molecule is Cc1cc(/C=C/C(=O)c2ccc(NC(=O)NC(C)C)cc2)cc(C)c1O. The van der Waals surface area contributed by atoms with Gasteiger partial charge < -0.3 is 15.7 Å². The van der Waals surface area contributed by atoms with Gasteiger partial charge in [0.2, 0.25) is 0 Å². The summed E-state index contributed by atoms with van der Waals surface area (Å²) >= 11 is 0. The van der Waals surface area contributed by atoms with Gasteiger partial charge in [0.25, 0.3) is 0 Å². The molecular formula is C21H24N2O3. The number of urea groups is 1. The fraction of sp³-hybridized carbons (Fsp3) is 0.238. The van der Waals surface area contributed by atoms with Crippen LogP contribution in [0.1, 0.15) is 40.9 Å². The summed E-state index contributed by atoms with van der Waals surface area (Å²) in [7, 11) is 0. The Morgan fingerprint density at radius 3 is 2.15 bits per heavy atom. The number of carbonyl (C=O) groups excluding carboxylic acids is 2. The van der Waals surface area contributed by atoms with Crippen molar-refractivity contribution in [3.05, 3.63) is 64.7 Å². The van der Waals surface area contributed by atoms with Crippen molar-refractivity contribution in [1.82, 2.24) is 5.32 Å². The van der Waals surface area contributed by atoms with Crippen molar-refractivity contribution in [1.29, 1.82) is 0 Å². The third-order valence-corrected chi connectivity index (χ3v) is 3.79. The fourth-order valence-electron chi connectivity index (χ4n) is 2.50. The summed E-state index contributed by atoms with van der Waals surface area (Å²) in [5, 5.41) is 15.2. The minimum atomic E-state index is -0.281. The van der Waals surface area contributed by atoms with Gasteiger partial charge in [0.1, 0.15) is 5.75 Å². The van der Waals surface area contributed by atoms with Crippen molar-refractivity contribution >= 4 is 23.6 Å². The molecule has 0 aliphatic carbocycles. The van der Waals surface area contributed by atoms with E-state index in [-0.39, 0.29) is 23.6 Å². The monoisotopic (exact) mass is 352 g/mol. The molecule has 2 rings (SSSR count). The molecule has 3 N–H and O–H groups in total. The lowest BCUT2D eigenvalue weighted by atomic mass is 10.0. The summed E-state index contributed by atoms with van der Waals surface area (Å²) in [6.07, 6.45) is 3.23. The zero-order valence-electron chi connectivity index (χ0n) is 15.5. The molecule has 5 heteroatoms. The molecule has 5 nitrogen and oxygen atoms in total. The number of hydrogen-bond donors (Lipinski definition) is 3. The number of allylic oxidation sites excluding steroid dienone is 1. The van der Waals surface area contributed by atoms with Gasteiger partial charge in [-0.15, -0.1) is 0 Å². The second-order valence-electron chi connectivity index (χ2n) is 6.53. The molecule has 0 aliphatic rings. The van der Waals surface area contributed by atoms with Crippen molar-refractivity contribution in [3.63, 3.8) is 0 Å². The van der Waals surface area contributed by atoms with E-state index in [9.17, 15) is 14.7 Å². The summed E-state index contributed by atoms with van der Waals surface area (Å²) in [5.41, 5.74) is 3.55. The van der Waals surface area contributed by atoms with Crippen LogP contribution in [0.3, 0.4) is 0 Å². The highest BCUT2D eigenvalue weighted by molar-refractivity contribution is 6.07. The van der Waals surface area contributed by atoms with Gasteiger partial charge in [-0.25, -0.2) is 4.79 Å². The number of carbonyl (C=O) groups is 2. The Hall–Kier alpha value is -3.08. The molecule has 136 valence electrons. The third kappa shape index (κ3) is 5.21. The van der Waals surface area contributed by atoms with E-state index in [2.05, 4.69) is 10.6 Å². The molecule has 0 fully saturated rings. The third-order valence-electron chi connectivity index (χ3n) is 3.79. The van der Waals surface area contributed by atoms with Gasteiger partial charge in [-0.3, -0.25) is 4.79 Å². The minimum absolute atomic E-state index is 0.0492. The number of ketones is 1. The average molecular weight is 352 g/mol. The second kappa shape index (κ2) is 8.34. The van der Waals surface area contributed by atoms with Crippen LogP contribution in [0, 0.1) is 13.8 Å². The van der Waals surface area contributed by atoms with E-state index in [0.717, 1.165) is 16.7 Å². The van der Waals surface area contributed by atoms with Crippen molar-refractivity contribution in [2.45, 2.75) is 33.7 Å². The number of amides is 2. The molecule has 0 spiro atoms. The molecular weight excluding hydrogens is 328 g/mol. The van der Waals surface area contributed by atoms with Crippen LogP contribution in [0.5, 0.6) is 5.75 Å². The maximum Gasteiger partial charge on any atom is 0.319 e. The maximum atomic E-state index is 12.3. The van der Waals surface area contributed by atoms with Crippen LogP contribution in [0.2, 0.25) is 0 Å². The number of nitrogens with one attached hydrogen (secondary N) is 2. The summed E-state index contributed by atoms with van der Waals surface area (Å²) in [6.45, 7) is 7.40. The fourth-order valence-corrected chi connectivity index (χ4v) is 2.50. The first-order chi connectivity index (χ1) is 12.3. The number of aryl methyl sites for hydroxylation is 2. The van der Waals surface area contributed by atoms with Crippen molar-refractivity contribution in [3.8, 4) is 5.75 Å². The van der Waals surface area contributed by atoms with E-state index >= 15 is 0 Å². The Bertz CT molecular complexity index is 814. The second-order valence-corrected chi connectivity index (χ2v) is 6.53. The van der Waals surface area contributed by atoms with E-state index < -0.39 is 0 Å². The first-order valence-corrected chi connectivity index (χ1v) is 8.46. The molecule has 0 bridgehead atoms. The zero-order valence-corrected chi connectivity index (χ0v) is 15.5. The van der Waals surface area contributed by atoms with Gasteiger partial charge in [-0.05, 0) is 86.9 Å². The highest BCUT2D eigenvalue weighted by Crippen LogP contribution is 2.23. The van der Waals surface area contributed by atoms with Crippen LogP contribution >= 0.6 is 0 Å². The molecule has 0 aromatic heterocycles. The number of hydrogen-bond acceptors (Lipinski definition) is 3. The van der Waals surface area contributed by atoms with Gasteiger partial charge >= 0.3 is 6.03 Å². The average Bonchev–Trinajstić information content (AvgIpc) is 2.57. The van der Waals surface area contributed by atoms with Crippen molar-refractivity contribution < 1.29 is 14.7 Å². The molecule has 0 aliphatic heterocycles. The quantitative estimate of drug-likeness (QED) is 0.550. The number of aromatic hydroxyl groups is 1. The Labute approximate surface area is 153 Å². The van der Waals surface area contributed by atoms with Gasteiger partial charge in [0.15, 0.2) is 5.78 Å². The Morgan fingerprint density at radius 2 is 1.62 bits per heavy atom. The van der Waals surface area contributed by atoms with Crippen LogP contribution < -0.4 is 10.6 Å². The molecule has 2 amide bonds. The van der Waals surface area contributed by atoms with E-state index in [1.165, 1.54) is 6.08 Å². The van der Waals surface area contributed by atoms with Crippen LogP contribution in [-0.4, -0.2) is 23.0 Å². The molecule has 26 heavy (non-hydrogen) atoms. The number of rotatable bonds is 5. The number of phenols is 1. The molecule has 0 atom stereocenters. The summed E-state index contributed by atoms with van der Waals surface area (Å²) in [6, 6.07) is 10.1. The van der Waals surface area contributed by atoms with E-state index in [1.54, 1.807) is 30.3 Å². The van der Waals surface area contributed by atoms with Gasteiger partial charge in [-0.1, -0.05) is 6.08 Å². The Morgan fingerprint density at radius 1 is 1.04 bits per heavy atom. The number of phenolic OH excluding ortho intramolecular Hbond substituents is 1. The molecule has 0 heterocycles. The smallest absolute Gasteiger partial charge is 0.319 e. The van der Waals surface area contributed by atoms with Crippen molar-refractivity contribution in [2.24, 2.45) is 0 Å². The summed E-state index contributed by atoms with van der Waals surface area (Å²) in [4.78, 5) is 24.0. The molecule has 2 aromatic rings. The maximum absolute atomic E-state index is 12.3. The Balaban J connectivity index is 2.05. The van der Waals surface area contributed by atoms with E-state index in [1.807, 2.05) is 39.8 Å². The highest BCUT2D eigenvalue weighted by Gasteiger charge is 2.06. The van der Waals surface area contributed by atoms with Crippen molar-refractivity contribution in [2.75, 3.05) is 5.32 Å². The molecule has 2 aromatic carbocycles. The number of benzene rings is 2. The predicted octanol–water partition coefficient (Wildman–Crippen LogP) is 4.44. The standard InChI is InChI=1S/C21H24N2O3/c1-13(2)22-21(26)23-18-8-6-17(7-9-18)19(24)10-5-16-11-14(3)20(25)15(4)12-16/h5-13,25H,1-4H3,(H2,22,23,26)/b10-5+. The van der Waals surface area contributed by atoms with Gasteiger partial charge in [0, 0.05) is 17.3 Å². The van der Waals surface area contributed by atoms with E-state index in [4.69, 9.17) is 0 Å². The molecule has 0 unspecified atom stereocenters. The zero-order chi connectivity index (χ0) is 19.3. The largest absolute Gasteiger partial charge is 0.507 e. The first-order valence-electron chi connectivity index (χ1n) is 8.46. The lowest BCUT2D eigenvalue weighted by Gasteiger charge is -2.10. The Kier molecular flexibility index (Phi) is 6.17. The summed E-state index contributed by atoms with van der Waals surface area (Å²) < 4.78 is 0. The lowest BCUT2D eigenvalue weighted by Crippen LogP contribution is -2.34. The number of anilines is 1. The molecule has 0 saturated carbocycles. The normalized spacial score (nSPS) is 11.0. The molecule has 0 radical (unpaired) electrons. The first kappa shape index (κ1) is 19.2. The van der Waals surface area contributed by atoms with Crippen LogP contribution in [0.15, 0.2) is 42.5 Å². The summed E-state index contributed by atoms with van der Waals surface area (Å²) in [5.74, 6) is 0.143. The minimum Gasteiger partial charge on any atom is -0.507 e. The van der Waals surface area contributed by atoms with Gasteiger partial charge in [-0.2, -0.15) is 0 Å². The molecule has 0 saturated heterocycles. The lowest BCUT2D eigenvalue weighted by molar-refractivity contribution is 0.104. The van der Waals surface area contributed by atoms with Crippen LogP contribution in [0.25, 0.3) is 6.08 Å².